The number of benzene rings is 2. The van der Waals surface area contributed by atoms with E-state index in [2.05, 4.69) is 20.5 Å². The number of carbonyl (C=O) groups is 1. The number of anilines is 2. The van der Waals surface area contributed by atoms with E-state index in [1.165, 1.54) is 17.1 Å². The lowest BCUT2D eigenvalue weighted by Gasteiger charge is -2.14. The van der Waals surface area contributed by atoms with Gasteiger partial charge in [0.15, 0.2) is 0 Å². The van der Waals surface area contributed by atoms with E-state index in [0.29, 0.717) is 11.4 Å². The van der Waals surface area contributed by atoms with E-state index in [4.69, 9.17) is 0 Å². The number of sulfonamides is 1. The Hall–Kier alpha value is -3.17. The Morgan fingerprint density at radius 1 is 1.00 bits per heavy atom. The predicted molar refractivity (Wildman–Crippen MR) is 107 cm³/mol. The van der Waals surface area contributed by atoms with Gasteiger partial charge in [-0.2, -0.15) is 5.10 Å². The molecule has 1 unspecified atom stereocenters. The third-order valence-electron chi connectivity index (χ3n) is 4.02. The highest BCUT2D eigenvalue weighted by Gasteiger charge is 2.20. The first-order valence-electron chi connectivity index (χ1n) is 8.57. The summed E-state index contributed by atoms with van der Waals surface area (Å²) < 4.78 is 28.8. The average Bonchev–Trinajstić information content (AvgIpc) is 3.10. The van der Waals surface area contributed by atoms with E-state index in [0.717, 1.165) is 5.56 Å². The van der Waals surface area contributed by atoms with Gasteiger partial charge in [-0.15, -0.1) is 0 Å². The minimum absolute atomic E-state index is 0.109. The van der Waals surface area contributed by atoms with Crippen LogP contribution in [-0.2, 0) is 17.1 Å². The third kappa shape index (κ3) is 4.96. The third-order valence-corrected chi connectivity index (χ3v) is 5.52. The maximum absolute atomic E-state index is 12.4. The molecule has 3 rings (SSSR count). The van der Waals surface area contributed by atoms with Crippen LogP contribution in [-0.4, -0.2) is 24.2 Å². The number of rotatable bonds is 6. The van der Waals surface area contributed by atoms with Crippen molar-refractivity contribution in [2.45, 2.75) is 17.9 Å². The van der Waals surface area contributed by atoms with Crippen LogP contribution >= 0.6 is 0 Å². The molecule has 2 amide bonds. The quantitative estimate of drug-likeness (QED) is 0.592. The normalized spacial score (nSPS) is 12.4. The molecule has 0 fully saturated rings. The van der Waals surface area contributed by atoms with Gasteiger partial charge in [0.05, 0.1) is 6.20 Å². The molecule has 0 saturated heterocycles. The number of urea groups is 1. The Kier molecular flexibility index (Phi) is 5.76. The number of nitrogens with zero attached hydrogens (tertiary/aromatic N) is 2. The Morgan fingerprint density at radius 3 is 2.18 bits per heavy atom. The fourth-order valence-electron chi connectivity index (χ4n) is 2.58. The van der Waals surface area contributed by atoms with Gasteiger partial charge in [0, 0.05) is 30.7 Å². The van der Waals surface area contributed by atoms with Gasteiger partial charge in [-0.05, 0) is 36.8 Å². The molecular weight excluding hydrogens is 378 g/mol. The number of hydrogen-bond donors (Lipinski definition) is 3. The van der Waals surface area contributed by atoms with Gasteiger partial charge >= 0.3 is 6.03 Å². The van der Waals surface area contributed by atoms with Crippen LogP contribution in [0.3, 0.4) is 0 Å². The summed E-state index contributed by atoms with van der Waals surface area (Å²) in [5.74, 6) is 0. The van der Waals surface area contributed by atoms with Crippen molar-refractivity contribution in [2.24, 2.45) is 7.05 Å². The second kappa shape index (κ2) is 8.24. The lowest BCUT2D eigenvalue weighted by Crippen LogP contribution is -2.26. The number of para-hydroxylation sites is 1. The monoisotopic (exact) mass is 399 g/mol. The van der Waals surface area contributed by atoms with Crippen molar-refractivity contribution in [3.05, 3.63) is 72.6 Å². The zero-order valence-electron chi connectivity index (χ0n) is 15.5. The van der Waals surface area contributed by atoms with Crippen LogP contribution < -0.4 is 15.4 Å². The van der Waals surface area contributed by atoms with Crippen LogP contribution in [0.1, 0.15) is 18.5 Å². The van der Waals surface area contributed by atoms with Crippen molar-refractivity contribution in [1.29, 1.82) is 0 Å². The van der Waals surface area contributed by atoms with Gasteiger partial charge in [-0.1, -0.05) is 30.3 Å². The topological polar surface area (TPSA) is 105 Å². The lowest BCUT2D eigenvalue weighted by atomic mass is 10.1. The van der Waals surface area contributed by atoms with E-state index < -0.39 is 16.1 Å². The first kappa shape index (κ1) is 19.6. The van der Waals surface area contributed by atoms with E-state index >= 15 is 0 Å². The van der Waals surface area contributed by atoms with Gasteiger partial charge in [0.25, 0.3) is 0 Å². The van der Waals surface area contributed by atoms with Gasteiger partial charge in [-0.3, -0.25) is 4.68 Å². The summed E-state index contributed by atoms with van der Waals surface area (Å²) in [5, 5.41) is 9.35. The minimum Gasteiger partial charge on any atom is -0.308 e. The summed E-state index contributed by atoms with van der Waals surface area (Å²) in [6.45, 7) is 1.75. The molecule has 28 heavy (non-hydrogen) atoms. The average molecular weight is 399 g/mol. The molecule has 0 spiro atoms. The lowest BCUT2D eigenvalue weighted by molar-refractivity contribution is 0.262. The fourth-order valence-corrected chi connectivity index (χ4v) is 3.79. The van der Waals surface area contributed by atoms with Crippen LogP contribution in [0, 0.1) is 0 Å². The van der Waals surface area contributed by atoms with Gasteiger partial charge in [-0.25, -0.2) is 17.9 Å². The second-order valence-electron chi connectivity index (χ2n) is 6.26. The van der Waals surface area contributed by atoms with Crippen LogP contribution in [0.4, 0.5) is 16.2 Å². The van der Waals surface area contributed by atoms with Crippen LogP contribution in [0.25, 0.3) is 0 Å². The zero-order chi connectivity index (χ0) is 20.1. The number of aryl methyl sites for hydroxylation is 1. The van der Waals surface area contributed by atoms with Crippen molar-refractivity contribution in [2.75, 3.05) is 10.6 Å². The molecule has 9 heteroatoms. The highest BCUT2D eigenvalue weighted by atomic mass is 32.2. The first-order chi connectivity index (χ1) is 13.3. The van der Waals surface area contributed by atoms with Crippen molar-refractivity contribution in [3.8, 4) is 0 Å². The summed E-state index contributed by atoms with van der Waals surface area (Å²) in [7, 11) is -2.01. The molecule has 0 bridgehead atoms. The molecule has 0 aliphatic carbocycles. The Morgan fingerprint density at radius 2 is 1.61 bits per heavy atom. The molecule has 1 heterocycles. The molecule has 2 aromatic carbocycles. The standard InChI is InChI=1S/C19H21N5O3S/c1-14(23-28(26,27)18-12-20-24(2)13-18)15-8-10-17(11-9-15)22-19(25)21-16-6-4-3-5-7-16/h3-14,23H,1-2H3,(H2,21,22,25). The molecule has 0 radical (unpaired) electrons. The summed E-state index contributed by atoms with van der Waals surface area (Å²) in [5.41, 5.74) is 2.05. The molecule has 1 aromatic heterocycles. The van der Waals surface area contributed by atoms with Crippen LogP contribution in [0.2, 0.25) is 0 Å². The van der Waals surface area contributed by atoms with Crippen molar-refractivity contribution in [3.63, 3.8) is 0 Å². The molecule has 0 aliphatic rings. The summed E-state index contributed by atoms with van der Waals surface area (Å²) in [6.07, 6.45) is 2.74. The van der Waals surface area contributed by atoms with Crippen molar-refractivity contribution >= 4 is 27.4 Å². The van der Waals surface area contributed by atoms with E-state index in [1.807, 2.05) is 18.2 Å². The molecule has 146 valence electrons. The van der Waals surface area contributed by atoms with E-state index in [1.54, 1.807) is 50.4 Å². The number of aromatic nitrogens is 2. The van der Waals surface area contributed by atoms with Gasteiger partial charge in [0.1, 0.15) is 4.90 Å². The van der Waals surface area contributed by atoms with E-state index in [9.17, 15) is 13.2 Å². The van der Waals surface area contributed by atoms with E-state index in [-0.39, 0.29) is 10.9 Å². The molecule has 3 N–H and O–H groups in total. The highest BCUT2D eigenvalue weighted by Crippen LogP contribution is 2.19. The maximum atomic E-state index is 12.4. The highest BCUT2D eigenvalue weighted by molar-refractivity contribution is 7.89. The summed E-state index contributed by atoms with van der Waals surface area (Å²) in [4.78, 5) is 12.1. The molecule has 3 aromatic rings. The van der Waals surface area contributed by atoms with Crippen molar-refractivity contribution in [1.82, 2.24) is 14.5 Å². The van der Waals surface area contributed by atoms with Gasteiger partial charge in [0.2, 0.25) is 10.0 Å². The molecule has 1 atom stereocenters. The first-order valence-corrected chi connectivity index (χ1v) is 10.1. The largest absolute Gasteiger partial charge is 0.323 e. The fraction of sp³-hybridized carbons (Fsp3) is 0.158. The Balaban J connectivity index is 1.61. The maximum Gasteiger partial charge on any atom is 0.323 e. The molecule has 8 nitrogen and oxygen atoms in total. The van der Waals surface area contributed by atoms with Gasteiger partial charge < -0.3 is 10.6 Å². The number of hydrogen-bond acceptors (Lipinski definition) is 4. The number of carbonyl (C=O) groups excluding carboxylic acids is 1. The second-order valence-corrected chi connectivity index (χ2v) is 7.97. The molecular formula is C19H21N5O3S. The minimum atomic E-state index is -3.66. The summed E-state index contributed by atoms with van der Waals surface area (Å²) >= 11 is 0. The SMILES string of the molecule is CC(NS(=O)(=O)c1cnn(C)c1)c1ccc(NC(=O)Nc2ccccc2)cc1. The Labute approximate surface area is 163 Å². The number of nitrogens with one attached hydrogen (secondary N) is 3. The van der Waals surface area contributed by atoms with Crippen LogP contribution in [0.5, 0.6) is 0 Å². The Bertz CT molecular complexity index is 1050. The smallest absolute Gasteiger partial charge is 0.308 e. The van der Waals surface area contributed by atoms with Crippen molar-refractivity contribution < 1.29 is 13.2 Å². The summed E-state index contributed by atoms with van der Waals surface area (Å²) in [6, 6.07) is 15.3. The zero-order valence-corrected chi connectivity index (χ0v) is 16.3. The predicted octanol–water partition coefficient (Wildman–Crippen LogP) is 3.10. The number of amides is 2. The molecule has 0 aliphatic heterocycles. The molecule has 0 saturated carbocycles. The van der Waals surface area contributed by atoms with Crippen LogP contribution in [0.15, 0.2) is 71.9 Å².